The van der Waals surface area contributed by atoms with Gasteiger partial charge in [-0.15, -0.1) is 0 Å². The molecule has 1 heterocycles. The molecule has 0 saturated heterocycles. The van der Waals surface area contributed by atoms with Crippen LogP contribution in [-0.4, -0.2) is 11.1 Å². The number of benzene rings is 2. The van der Waals surface area contributed by atoms with Gasteiger partial charge in [0.15, 0.2) is 0 Å². The molecule has 1 unspecified atom stereocenters. The summed E-state index contributed by atoms with van der Waals surface area (Å²) in [5, 5.41) is 3.62. The molecule has 134 valence electrons. The molecule has 3 heteroatoms. The monoisotopic (exact) mass is 346 g/mol. The first-order valence-corrected chi connectivity index (χ1v) is 9.21. The van der Waals surface area contributed by atoms with Crippen molar-refractivity contribution in [2.75, 3.05) is 5.32 Å². The van der Waals surface area contributed by atoms with E-state index in [0.29, 0.717) is 0 Å². The van der Waals surface area contributed by atoms with Crippen molar-refractivity contribution in [1.29, 1.82) is 0 Å². The predicted octanol–water partition coefficient (Wildman–Crippen LogP) is 6.10. The molecule has 2 aromatic carbocycles. The van der Waals surface area contributed by atoms with E-state index in [1.165, 1.54) is 5.56 Å². The molecule has 0 radical (unpaired) electrons. The fourth-order valence-electron chi connectivity index (χ4n) is 3.01. The molecule has 26 heavy (non-hydrogen) atoms. The molecule has 0 fully saturated rings. The summed E-state index contributed by atoms with van der Waals surface area (Å²) in [6.07, 6.45) is 2.99. The van der Waals surface area contributed by atoms with Gasteiger partial charge in [0, 0.05) is 11.8 Å². The Kier molecular flexibility index (Phi) is 5.90. The standard InChI is InChI=1S/C23H26N2O/c1-4-22(19-9-6-5-7-10-19)25-23-21(11-8-16-24-23)18-12-14-20(15-13-18)26-17(2)3/h5-17,22H,4H2,1-3H3,(H,24,25). The van der Waals surface area contributed by atoms with E-state index in [0.717, 1.165) is 29.1 Å². The highest BCUT2D eigenvalue weighted by molar-refractivity contribution is 5.75. The zero-order chi connectivity index (χ0) is 18.4. The highest BCUT2D eigenvalue weighted by Gasteiger charge is 2.13. The first-order chi connectivity index (χ1) is 12.7. The summed E-state index contributed by atoms with van der Waals surface area (Å²) in [6, 6.07) is 23.0. The van der Waals surface area contributed by atoms with Gasteiger partial charge in [0.1, 0.15) is 11.6 Å². The van der Waals surface area contributed by atoms with Crippen LogP contribution in [0.25, 0.3) is 11.1 Å². The molecule has 3 aromatic rings. The van der Waals surface area contributed by atoms with Gasteiger partial charge < -0.3 is 10.1 Å². The third kappa shape index (κ3) is 4.42. The SMILES string of the molecule is CCC(Nc1ncccc1-c1ccc(OC(C)C)cc1)c1ccccc1. The quantitative estimate of drug-likeness (QED) is 0.561. The Morgan fingerprint density at radius 3 is 2.31 bits per heavy atom. The number of hydrogen-bond donors (Lipinski definition) is 1. The molecule has 0 bridgehead atoms. The van der Waals surface area contributed by atoms with Crippen molar-refractivity contribution < 1.29 is 4.74 Å². The van der Waals surface area contributed by atoms with Gasteiger partial charge in [-0.05, 0) is 55.7 Å². The Bertz CT molecular complexity index is 813. The number of pyridine rings is 1. The zero-order valence-corrected chi connectivity index (χ0v) is 15.6. The second-order valence-corrected chi connectivity index (χ2v) is 6.61. The van der Waals surface area contributed by atoms with E-state index >= 15 is 0 Å². The number of aromatic nitrogens is 1. The fourth-order valence-corrected chi connectivity index (χ4v) is 3.01. The molecule has 1 atom stereocenters. The lowest BCUT2D eigenvalue weighted by Crippen LogP contribution is -2.11. The van der Waals surface area contributed by atoms with Crippen LogP contribution in [-0.2, 0) is 0 Å². The summed E-state index contributed by atoms with van der Waals surface area (Å²) < 4.78 is 5.74. The summed E-state index contributed by atoms with van der Waals surface area (Å²) in [7, 11) is 0. The summed E-state index contributed by atoms with van der Waals surface area (Å²) in [6.45, 7) is 6.25. The van der Waals surface area contributed by atoms with Crippen LogP contribution in [0.15, 0.2) is 72.9 Å². The molecule has 0 spiro atoms. The topological polar surface area (TPSA) is 34.2 Å². The second kappa shape index (κ2) is 8.52. The molecule has 0 amide bonds. The summed E-state index contributed by atoms with van der Waals surface area (Å²) in [4.78, 5) is 4.60. The Hall–Kier alpha value is -2.81. The van der Waals surface area contributed by atoms with Crippen molar-refractivity contribution >= 4 is 5.82 Å². The van der Waals surface area contributed by atoms with Gasteiger partial charge in [-0.2, -0.15) is 0 Å². The van der Waals surface area contributed by atoms with Crippen LogP contribution in [0.2, 0.25) is 0 Å². The first kappa shape index (κ1) is 18.0. The molecule has 0 saturated carbocycles. The molecular weight excluding hydrogens is 320 g/mol. The third-order valence-corrected chi connectivity index (χ3v) is 4.27. The minimum absolute atomic E-state index is 0.174. The van der Waals surface area contributed by atoms with E-state index in [-0.39, 0.29) is 12.1 Å². The molecule has 0 aliphatic rings. The maximum atomic E-state index is 5.74. The van der Waals surface area contributed by atoms with E-state index < -0.39 is 0 Å². The first-order valence-electron chi connectivity index (χ1n) is 9.21. The average Bonchev–Trinajstić information content (AvgIpc) is 2.67. The number of ether oxygens (including phenoxy) is 1. The van der Waals surface area contributed by atoms with Gasteiger partial charge >= 0.3 is 0 Å². The summed E-state index contributed by atoms with van der Waals surface area (Å²) in [5.41, 5.74) is 3.49. The highest BCUT2D eigenvalue weighted by atomic mass is 16.5. The van der Waals surface area contributed by atoms with Crippen LogP contribution < -0.4 is 10.1 Å². The van der Waals surface area contributed by atoms with Gasteiger partial charge in [0.2, 0.25) is 0 Å². The summed E-state index contributed by atoms with van der Waals surface area (Å²) in [5.74, 6) is 1.79. The minimum atomic E-state index is 0.174. The fraction of sp³-hybridized carbons (Fsp3) is 0.261. The molecule has 0 aliphatic heterocycles. The number of rotatable bonds is 7. The van der Waals surface area contributed by atoms with Crippen LogP contribution in [0.4, 0.5) is 5.82 Å². The number of hydrogen-bond acceptors (Lipinski definition) is 3. The largest absolute Gasteiger partial charge is 0.491 e. The number of nitrogens with zero attached hydrogens (tertiary/aromatic N) is 1. The highest BCUT2D eigenvalue weighted by Crippen LogP contribution is 2.31. The van der Waals surface area contributed by atoms with Gasteiger partial charge in [-0.1, -0.05) is 49.4 Å². The molecule has 0 aliphatic carbocycles. The van der Waals surface area contributed by atoms with E-state index in [1.54, 1.807) is 0 Å². The van der Waals surface area contributed by atoms with E-state index in [9.17, 15) is 0 Å². The van der Waals surface area contributed by atoms with Crippen molar-refractivity contribution in [3.05, 3.63) is 78.5 Å². The summed E-state index contributed by atoms with van der Waals surface area (Å²) >= 11 is 0. The zero-order valence-electron chi connectivity index (χ0n) is 15.6. The lowest BCUT2D eigenvalue weighted by molar-refractivity contribution is 0.242. The number of nitrogens with one attached hydrogen (secondary N) is 1. The van der Waals surface area contributed by atoms with Crippen molar-refractivity contribution in [2.45, 2.75) is 39.3 Å². The van der Waals surface area contributed by atoms with Gasteiger partial charge in [-0.3, -0.25) is 0 Å². The van der Waals surface area contributed by atoms with Crippen LogP contribution in [0.3, 0.4) is 0 Å². The Labute approximate surface area is 156 Å². The minimum Gasteiger partial charge on any atom is -0.491 e. The second-order valence-electron chi connectivity index (χ2n) is 6.61. The van der Waals surface area contributed by atoms with E-state index in [4.69, 9.17) is 4.74 Å². The van der Waals surface area contributed by atoms with Crippen molar-refractivity contribution in [2.24, 2.45) is 0 Å². The Balaban J connectivity index is 1.86. The van der Waals surface area contributed by atoms with Crippen molar-refractivity contribution in [3.63, 3.8) is 0 Å². The van der Waals surface area contributed by atoms with Gasteiger partial charge in [0.05, 0.1) is 12.1 Å². The average molecular weight is 346 g/mol. The van der Waals surface area contributed by atoms with Crippen LogP contribution >= 0.6 is 0 Å². The molecule has 1 aromatic heterocycles. The van der Waals surface area contributed by atoms with Crippen molar-refractivity contribution in [3.8, 4) is 16.9 Å². The van der Waals surface area contributed by atoms with Crippen LogP contribution in [0, 0.1) is 0 Å². The number of anilines is 1. The predicted molar refractivity (Wildman–Crippen MR) is 109 cm³/mol. The van der Waals surface area contributed by atoms with Crippen LogP contribution in [0.1, 0.15) is 38.8 Å². The normalized spacial score (nSPS) is 12.0. The Morgan fingerprint density at radius 2 is 1.65 bits per heavy atom. The van der Waals surface area contributed by atoms with Gasteiger partial charge in [0.25, 0.3) is 0 Å². The Morgan fingerprint density at radius 1 is 0.923 bits per heavy atom. The van der Waals surface area contributed by atoms with E-state index in [1.807, 2.05) is 44.3 Å². The van der Waals surface area contributed by atoms with Crippen molar-refractivity contribution in [1.82, 2.24) is 4.98 Å². The molecule has 3 rings (SSSR count). The molecule has 1 N–H and O–H groups in total. The lowest BCUT2D eigenvalue weighted by Gasteiger charge is -2.20. The maximum Gasteiger partial charge on any atom is 0.134 e. The van der Waals surface area contributed by atoms with Gasteiger partial charge in [-0.25, -0.2) is 4.98 Å². The lowest BCUT2D eigenvalue weighted by atomic mass is 10.0. The maximum absolute atomic E-state index is 5.74. The molecule has 3 nitrogen and oxygen atoms in total. The third-order valence-electron chi connectivity index (χ3n) is 4.27. The smallest absolute Gasteiger partial charge is 0.134 e. The van der Waals surface area contributed by atoms with E-state index in [2.05, 4.69) is 59.7 Å². The molecular formula is C23H26N2O. The van der Waals surface area contributed by atoms with Crippen LogP contribution in [0.5, 0.6) is 5.75 Å².